The standard InChI is InChI=1S/C7H9N7O/c1-14-4-10-7(13-14)15-6-3-9-2-5(11-6)12-8/h2-4H,8H2,1H3,(H,11,12). The largest absolute Gasteiger partial charge is 0.402 e. The molecule has 0 unspecified atom stereocenters. The van der Waals surface area contributed by atoms with Crippen molar-refractivity contribution < 1.29 is 4.74 Å². The number of hydrogen-bond acceptors (Lipinski definition) is 7. The van der Waals surface area contributed by atoms with Crippen molar-refractivity contribution in [3.63, 3.8) is 0 Å². The van der Waals surface area contributed by atoms with Crippen LogP contribution in [0.2, 0.25) is 0 Å². The maximum Gasteiger partial charge on any atom is 0.342 e. The highest BCUT2D eigenvalue weighted by atomic mass is 16.5. The van der Waals surface area contributed by atoms with Gasteiger partial charge in [-0.1, -0.05) is 0 Å². The molecule has 0 aliphatic rings. The Hall–Kier alpha value is -2.22. The third kappa shape index (κ3) is 2.17. The molecule has 3 N–H and O–H groups in total. The first-order chi connectivity index (χ1) is 7.28. The average molecular weight is 207 g/mol. The van der Waals surface area contributed by atoms with Gasteiger partial charge in [-0.3, -0.25) is 9.67 Å². The molecular formula is C7H9N7O. The summed E-state index contributed by atoms with van der Waals surface area (Å²) < 4.78 is 6.75. The number of hydrazine groups is 1. The molecule has 0 spiro atoms. The molecule has 2 aromatic rings. The molecule has 0 amide bonds. The van der Waals surface area contributed by atoms with E-state index in [0.29, 0.717) is 5.82 Å². The van der Waals surface area contributed by atoms with E-state index in [1.165, 1.54) is 23.4 Å². The van der Waals surface area contributed by atoms with Gasteiger partial charge in [0.25, 0.3) is 0 Å². The normalized spacial score (nSPS) is 10.0. The number of nitrogen functional groups attached to an aromatic ring is 1. The third-order valence-corrected chi connectivity index (χ3v) is 1.53. The van der Waals surface area contributed by atoms with Gasteiger partial charge in [0.05, 0.1) is 12.4 Å². The topological polar surface area (TPSA) is 104 Å². The second-order valence-electron chi connectivity index (χ2n) is 2.69. The Morgan fingerprint density at radius 2 is 2.33 bits per heavy atom. The number of aromatic nitrogens is 5. The van der Waals surface area contributed by atoms with E-state index in [1.54, 1.807) is 7.05 Å². The van der Waals surface area contributed by atoms with Crippen LogP contribution in [0.1, 0.15) is 0 Å². The Morgan fingerprint density at radius 1 is 1.47 bits per heavy atom. The van der Waals surface area contributed by atoms with Crippen LogP contribution in [0.5, 0.6) is 11.9 Å². The van der Waals surface area contributed by atoms with Gasteiger partial charge >= 0.3 is 6.01 Å². The number of aryl methyl sites for hydroxylation is 1. The average Bonchev–Trinajstić information content (AvgIpc) is 2.64. The van der Waals surface area contributed by atoms with Gasteiger partial charge in [0.1, 0.15) is 6.33 Å². The molecule has 0 bridgehead atoms. The Balaban J connectivity index is 2.16. The highest BCUT2D eigenvalue weighted by Gasteiger charge is 2.04. The number of nitrogens with one attached hydrogen (secondary N) is 1. The molecule has 8 heteroatoms. The maximum absolute atomic E-state index is 5.23. The molecule has 0 saturated carbocycles. The molecule has 0 atom stereocenters. The van der Waals surface area contributed by atoms with Gasteiger partial charge in [-0.05, 0) is 0 Å². The summed E-state index contributed by atoms with van der Waals surface area (Å²) in [4.78, 5) is 11.7. The molecule has 2 rings (SSSR count). The van der Waals surface area contributed by atoms with Crippen LogP contribution in [0.25, 0.3) is 0 Å². The van der Waals surface area contributed by atoms with E-state index in [1.807, 2.05) is 0 Å². The van der Waals surface area contributed by atoms with Crippen molar-refractivity contribution in [2.45, 2.75) is 0 Å². The minimum Gasteiger partial charge on any atom is -0.402 e. The van der Waals surface area contributed by atoms with Gasteiger partial charge < -0.3 is 10.2 Å². The fourth-order valence-corrected chi connectivity index (χ4v) is 0.927. The summed E-state index contributed by atoms with van der Waals surface area (Å²) in [5, 5.41) is 3.93. The van der Waals surface area contributed by atoms with Gasteiger partial charge in [0.15, 0.2) is 5.82 Å². The first-order valence-electron chi connectivity index (χ1n) is 4.10. The number of rotatable bonds is 3. The van der Waals surface area contributed by atoms with Crippen molar-refractivity contribution in [3.05, 3.63) is 18.7 Å². The molecular weight excluding hydrogens is 198 g/mol. The van der Waals surface area contributed by atoms with E-state index >= 15 is 0 Å². The van der Waals surface area contributed by atoms with Crippen LogP contribution in [0.4, 0.5) is 5.82 Å². The molecule has 0 radical (unpaired) electrons. The van der Waals surface area contributed by atoms with Gasteiger partial charge in [-0.2, -0.15) is 9.97 Å². The SMILES string of the molecule is Cn1cnc(Oc2cncc(NN)n2)n1. The van der Waals surface area contributed by atoms with Crippen molar-refractivity contribution >= 4 is 5.82 Å². The lowest BCUT2D eigenvalue weighted by Gasteiger charge is -2.01. The predicted molar refractivity (Wildman–Crippen MR) is 50.9 cm³/mol. The van der Waals surface area contributed by atoms with Crippen LogP contribution >= 0.6 is 0 Å². The molecule has 8 nitrogen and oxygen atoms in total. The van der Waals surface area contributed by atoms with Crippen LogP contribution in [0, 0.1) is 0 Å². The number of nitrogens with zero attached hydrogens (tertiary/aromatic N) is 5. The first kappa shape index (κ1) is 9.34. The third-order valence-electron chi connectivity index (χ3n) is 1.53. The quantitative estimate of drug-likeness (QED) is 0.525. The molecule has 0 aliphatic carbocycles. The van der Waals surface area contributed by atoms with Gasteiger partial charge in [0.2, 0.25) is 5.88 Å². The number of nitrogens with two attached hydrogens (primary N) is 1. The monoisotopic (exact) mass is 207 g/mol. The van der Waals surface area contributed by atoms with E-state index in [9.17, 15) is 0 Å². The molecule has 0 saturated heterocycles. The van der Waals surface area contributed by atoms with E-state index in [-0.39, 0.29) is 11.9 Å². The van der Waals surface area contributed by atoms with Crippen LogP contribution in [-0.2, 0) is 7.05 Å². The lowest BCUT2D eigenvalue weighted by molar-refractivity contribution is 0.421. The fourth-order valence-electron chi connectivity index (χ4n) is 0.927. The first-order valence-corrected chi connectivity index (χ1v) is 4.10. The van der Waals surface area contributed by atoms with Gasteiger partial charge in [0, 0.05) is 7.05 Å². The summed E-state index contributed by atoms with van der Waals surface area (Å²) in [5.74, 6) is 5.85. The number of hydrogen-bond donors (Lipinski definition) is 2. The second kappa shape index (κ2) is 3.88. The van der Waals surface area contributed by atoms with Crippen LogP contribution in [0.3, 0.4) is 0 Å². The minimum absolute atomic E-state index is 0.209. The van der Waals surface area contributed by atoms with Crippen molar-refractivity contribution in [2.24, 2.45) is 12.9 Å². The van der Waals surface area contributed by atoms with Crippen LogP contribution < -0.4 is 16.0 Å². The molecule has 0 aromatic carbocycles. The summed E-state index contributed by atoms with van der Waals surface area (Å²) in [7, 11) is 1.74. The summed E-state index contributed by atoms with van der Waals surface area (Å²) in [6, 6.07) is 0.209. The molecule has 15 heavy (non-hydrogen) atoms. The maximum atomic E-state index is 5.23. The zero-order valence-electron chi connectivity index (χ0n) is 7.95. The van der Waals surface area contributed by atoms with Gasteiger partial charge in [-0.15, -0.1) is 5.10 Å². The lowest BCUT2D eigenvalue weighted by atomic mass is 10.6. The van der Waals surface area contributed by atoms with Crippen LogP contribution in [-0.4, -0.2) is 24.7 Å². The summed E-state index contributed by atoms with van der Waals surface area (Å²) in [5.41, 5.74) is 2.36. The Bertz CT molecular complexity index is 454. The molecule has 0 aliphatic heterocycles. The van der Waals surface area contributed by atoms with Crippen LogP contribution in [0.15, 0.2) is 18.7 Å². The summed E-state index contributed by atoms with van der Waals surface area (Å²) >= 11 is 0. The van der Waals surface area contributed by atoms with E-state index in [4.69, 9.17) is 10.6 Å². The van der Waals surface area contributed by atoms with Crippen molar-refractivity contribution in [3.8, 4) is 11.9 Å². The van der Waals surface area contributed by atoms with E-state index in [0.717, 1.165) is 0 Å². The number of anilines is 1. The number of ether oxygens (including phenoxy) is 1. The highest BCUT2D eigenvalue weighted by molar-refractivity contribution is 5.31. The fraction of sp³-hybridized carbons (Fsp3) is 0.143. The molecule has 0 fully saturated rings. The Labute approximate surface area is 85.1 Å². The van der Waals surface area contributed by atoms with Crippen molar-refractivity contribution in [2.75, 3.05) is 5.43 Å². The Kier molecular flexibility index (Phi) is 2.42. The zero-order valence-corrected chi connectivity index (χ0v) is 7.95. The summed E-state index contributed by atoms with van der Waals surface area (Å²) in [6.45, 7) is 0. The highest BCUT2D eigenvalue weighted by Crippen LogP contribution is 2.14. The van der Waals surface area contributed by atoms with Crippen molar-refractivity contribution in [1.29, 1.82) is 0 Å². The zero-order chi connectivity index (χ0) is 10.7. The van der Waals surface area contributed by atoms with Crippen molar-refractivity contribution in [1.82, 2.24) is 24.7 Å². The van der Waals surface area contributed by atoms with Gasteiger partial charge in [-0.25, -0.2) is 5.84 Å². The van der Waals surface area contributed by atoms with E-state index < -0.39 is 0 Å². The Morgan fingerprint density at radius 3 is 3.00 bits per heavy atom. The predicted octanol–water partition coefficient (Wildman–Crippen LogP) is -0.317. The molecule has 78 valence electrons. The summed E-state index contributed by atoms with van der Waals surface area (Å²) in [6.07, 6.45) is 4.43. The second-order valence-corrected chi connectivity index (χ2v) is 2.69. The smallest absolute Gasteiger partial charge is 0.342 e. The minimum atomic E-state index is 0.209. The molecule has 2 aromatic heterocycles. The lowest BCUT2D eigenvalue weighted by Crippen LogP contribution is -2.09. The molecule has 2 heterocycles. The van der Waals surface area contributed by atoms with E-state index in [2.05, 4.69) is 25.5 Å².